The maximum Gasteiger partial charge on any atom is 0.258 e. The van der Waals surface area contributed by atoms with Gasteiger partial charge in [-0.15, -0.1) is 0 Å². The van der Waals surface area contributed by atoms with Gasteiger partial charge >= 0.3 is 0 Å². The van der Waals surface area contributed by atoms with Crippen LogP contribution < -0.4 is 15.0 Å². The van der Waals surface area contributed by atoms with Crippen LogP contribution in [0.2, 0.25) is 0 Å². The summed E-state index contributed by atoms with van der Waals surface area (Å²) in [4.78, 5) is 14.1. The average Bonchev–Trinajstić information content (AvgIpc) is 2.78. The predicted octanol–water partition coefficient (Wildman–Crippen LogP) is 2.30. The third-order valence-electron chi connectivity index (χ3n) is 5.60. The number of ether oxygens (including phenoxy) is 2. The van der Waals surface area contributed by atoms with E-state index in [1.54, 1.807) is 0 Å². The first kappa shape index (κ1) is 20.4. The Morgan fingerprint density at radius 1 is 1.03 bits per heavy atom. The fraction of sp³-hybridized carbons (Fsp3) is 0.320. The molecule has 0 spiro atoms. The number of nitrogens with one attached hydrogen (secondary N) is 2. The number of hydrogen-bond acceptors (Lipinski definition) is 3. The molecule has 2 N–H and O–H groups in total. The lowest BCUT2D eigenvalue weighted by Crippen LogP contribution is -3.14. The zero-order valence-electron chi connectivity index (χ0n) is 17.4. The standard InChI is InChI=1S/C25H28N2O3/c1-19-6-8-21(9-7-19)24(17-27-12-14-29-15-13-27)26-25(28)18-30-23-11-10-20-4-2-3-5-22(20)16-23/h2-11,16,24H,12-15,17-18H2,1H3,(H,26,28)/p+1/t24-/m1/s1. The highest BCUT2D eigenvalue weighted by Crippen LogP contribution is 2.20. The van der Waals surface area contributed by atoms with E-state index < -0.39 is 0 Å². The van der Waals surface area contributed by atoms with E-state index in [1.165, 1.54) is 10.5 Å². The SMILES string of the molecule is Cc1ccc([C@@H](C[NH+]2CCOCC2)NC(=O)COc2ccc3ccccc3c2)cc1. The monoisotopic (exact) mass is 405 g/mol. The number of carbonyl (C=O) groups excluding carboxylic acids is 1. The normalized spacial score (nSPS) is 15.6. The molecule has 0 unspecified atom stereocenters. The van der Waals surface area contributed by atoms with Gasteiger partial charge in [-0.2, -0.15) is 0 Å². The second-order valence-corrected chi connectivity index (χ2v) is 7.89. The van der Waals surface area contributed by atoms with Crippen molar-refractivity contribution in [3.05, 3.63) is 77.9 Å². The molecule has 4 rings (SSSR count). The first-order chi connectivity index (χ1) is 14.7. The van der Waals surface area contributed by atoms with Gasteiger partial charge in [0.05, 0.1) is 13.2 Å². The summed E-state index contributed by atoms with van der Waals surface area (Å²) in [6.07, 6.45) is 0. The minimum Gasteiger partial charge on any atom is -0.484 e. The number of morpholine rings is 1. The van der Waals surface area contributed by atoms with Crippen molar-refractivity contribution < 1.29 is 19.2 Å². The lowest BCUT2D eigenvalue weighted by molar-refractivity contribution is -0.909. The van der Waals surface area contributed by atoms with Crippen molar-refractivity contribution in [2.24, 2.45) is 0 Å². The van der Waals surface area contributed by atoms with E-state index in [2.05, 4.69) is 42.6 Å². The second-order valence-electron chi connectivity index (χ2n) is 7.89. The molecule has 1 aliphatic heterocycles. The van der Waals surface area contributed by atoms with Gasteiger partial charge < -0.3 is 19.7 Å². The second kappa shape index (κ2) is 9.74. The van der Waals surface area contributed by atoms with Crippen molar-refractivity contribution in [2.75, 3.05) is 39.5 Å². The summed E-state index contributed by atoms with van der Waals surface area (Å²) in [5, 5.41) is 5.44. The molecule has 1 aliphatic rings. The van der Waals surface area contributed by atoms with Crippen molar-refractivity contribution in [3.63, 3.8) is 0 Å². The van der Waals surface area contributed by atoms with Crippen molar-refractivity contribution in [3.8, 4) is 5.75 Å². The molecular weight excluding hydrogens is 376 g/mol. The van der Waals surface area contributed by atoms with Crippen LogP contribution >= 0.6 is 0 Å². The number of quaternary nitrogens is 1. The van der Waals surface area contributed by atoms with Gasteiger partial charge in [-0.05, 0) is 35.4 Å². The van der Waals surface area contributed by atoms with Crippen LogP contribution in [0.25, 0.3) is 10.8 Å². The summed E-state index contributed by atoms with van der Waals surface area (Å²) in [7, 11) is 0. The first-order valence-corrected chi connectivity index (χ1v) is 10.6. The van der Waals surface area contributed by atoms with Crippen LogP contribution in [-0.4, -0.2) is 45.4 Å². The number of aryl methyl sites for hydroxylation is 1. The lowest BCUT2D eigenvalue weighted by atomic mass is 10.0. The minimum atomic E-state index is -0.110. The summed E-state index contributed by atoms with van der Waals surface area (Å²) < 4.78 is 11.3. The number of benzene rings is 3. The molecule has 1 saturated heterocycles. The minimum absolute atomic E-state index is 0.000847. The zero-order chi connectivity index (χ0) is 20.8. The quantitative estimate of drug-likeness (QED) is 0.634. The Bertz CT molecular complexity index is 981. The predicted molar refractivity (Wildman–Crippen MR) is 118 cm³/mol. The molecule has 0 radical (unpaired) electrons. The zero-order valence-corrected chi connectivity index (χ0v) is 17.4. The summed E-state index contributed by atoms with van der Waals surface area (Å²) in [5.74, 6) is 0.593. The molecule has 1 fully saturated rings. The lowest BCUT2D eigenvalue weighted by Gasteiger charge is -2.28. The van der Waals surface area contributed by atoms with Gasteiger partial charge in [0.1, 0.15) is 31.4 Å². The Hall–Kier alpha value is -2.89. The van der Waals surface area contributed by atoms with Gasteiger partial charge in [-0.25, -0.2) is 0 Å². The summed E-state index contributed by atoms with van der Waals surface area (Å²) in [6.45, 7) is 6.39. The molecular formula is C25H29N2O3+. The van der Waals surface area contributed by atoms with Crippen molar-refractivity contribution in [1.82, 2.24) is 5.32 Å². The first-order valence-electron chi connectivity index (χ1n) is 10.6. The van der Waals surface area contributed by atoms with Crippen LogP contribution in [0, 0.1) is 6.92 Å². The third kappa shape index (κ3) is 5.38. The Balaban J connectivity index is 1.40. The molecule has 0 aromatic heterocycles. The molecule has 3 aromatic rings. The van der Waals surface area contributed by atoms with Crippen LogP contribution in [0.4, 0.5) is 0 Å². The van der Waals surface area contributed by atoms with Gasteiger partial charge in [0.25, 0.3) is 5.91 Å². The topological polar surface area (TPSA) is 52.0 Å². The van der Waals surface area contributed by atoms with Crippen LogP contribution in [0.5, 0.6) is 5.75 Å². The van der Waals surface area contributed by atoms with Crippen molar-refractivity contribution in [1.29, 1.82) is 0 Å². The smallest absolute Gasteiger partial charge is 0.258 e. The van der Waals surface area contributed by atoms with Crippen LogP contribution in [0.15, 0.2) is 66.7 Å². The number of rotatable bonds is 7. The Labute approximate surface area is 177 Å². The molecule has 0 bridgehead atoms. The van der Waals surface area contributed by atoms with E-state index in [0.717, 1.165) is 49.2 Å². The molecule has 1 heterocycles. The number of amides is 1. The van der Waals surface area contributed by atoms with Crippen molar-refractivity contribution >= 4 is 16.7 Å². The van der Waals surface area contributed by atoms with E-state index in [4.69, 9.17) is 9.47 Å². The largest absolute Gasteiger partial charge is 0.484 e. The van der Waals surface area contributed by atoms with Gasteiger partial charge in [0, 0.05) is 0 Å². The number of fused-ring (bicyclic) bond motifs is 1. The maximum atomic E-state index is 12.7. The van der Waals surface area contributed by atoms with Crippen LogP contribution in [0.3, 0.4) is 0 Å². The van der Waals surface area contributed by atoms with E-state index >= 15 is 0 Å². The van der Waals surface area contributed by atoms with Gasteiger partial charge in [0.15, 0.2) is 6.61 Å². The summed E-state index contributed by atoms with van der Waals surface area (Å²) in [6, 6.07) is 22.3. The molecule has 156 valence electrons. The third-order valence-corrected chi connectivity index (χ3v) is 5.60. The highest BCUT2D eigenvalue weighted by Gasteiger charge is 2.23. The molecule has 1 amide bonds. The highest BCUT2D eigenvalue weighted by atomic mass is 16.5. The Morgan fingerprint density at radius 2 is 1.77 bits per heavy atom. The van der Waals surface area contributed by atoms with E-state index in [0.29, 0.717) is 5.75 Å². The highest BCUT2D eigenvalue weighted by molar-refractivity contribution is 5.84. The van der Waals surface area contributed by atoms with Gasteiger partial charge in [-0.1, -0.05) is 60.2 Å². The number of carbonyl (C=O) groups is 1. The Kier molecular flexibility index (Phi) is 6.62. The van der Waals surface area contributed by atoms with Gasteiger partial charge in [-0.3, -0.25) is 4.79 Å². The molecule has 0 saturated carbocycles. The average molecular weight is 406 g/mol. The molecule has 30 heavy (non-hydrogen) atoms. The molecule has 5 heteroatoms. The van der Waals surface area contributed by atoms with E-state index in [-0.39, 0.29) is 18.6 Å². The Morgan fingerprint density at radius 3 is 2.53 bits per heavy atom. The maximum absolute atomic E-state index is 12.7. The number of hydrogen-bond donors (Lipinski definition) is 2. The van der Waals surface area contributed by atoms with Gasteiger partial charge in [0.2, 0.25) is 0 Å². The molecule has 3 aromatic carbocycles. The molecule has 5 nitrogen and oxygen atoms in total. The summed E-state index contributed by atoms with van der Waals surface area (Å²) in [5.41, 5.74) is 2.33. The van der Waals surface area contributed by atoms with Crippen molar-refractivity contribution in [2.45, 2.75) is 13.0 Å². The summed E-state index contributed by atoms with van der Waals surface area (Å²) >= 11 is 0. The van der Waals surface area contributed by atoms with Crippen LogP contribution in [0.1, 0.15) is 17.2 Å². The molecule has 0 aliphatic carbocycles. The fourth-order valence-electron chi connectivity index (χ4n) is 3.85. The van der Waals surface area contributed by atoms with E-state index in [9.17, 15) is 4.79 Å². The fourth-order valence-corrected chi connectivity index (χ4v) is 3.85. The molecule has 1 atom stereocenters. The van der Waals surface area contributed by atoms with Crippen LogP contribution in [-0.2, 0) is 9.53 Å². The van der Waals surface area contributed by atoms with E-state index in [1.807, 2.05) is 36.4 Å².